The first kappa shape index (κ1) is 22.9. The maximum Gasteiger partial charge on any atom is 0.239 e. The summed E-state index contributed by atoms with van der Waals surface area (Å²) in [7, 11) is 0. The Bertz CT molecular complexity index is 1500. The molecule has 4 aliphatic rings. The highest BCUT2D eigenvalue weighted by Gasteiger charge is 2.64. The number of carbonyl (C=O) groups is 2. The van der Waals surface area contributed by atoms with Crippen LogP contribution in [0.5, 0.6) is 0 Å². The maximum atomic E-state index is 14.2. The molecule has 2 amide bonds. The second-order valence-corrected chi connectivity index (χ2v) is 10.4. The number of benzene rings is 4. The first-order valence-corrected chi connectivity index (χ1v) is 13.3. The summed E-state index contributed by atoms with van der Waals surface area (Å²) in [5.74, 6) is -1.14. The number of amides is 2. The van der Waals surface area contributed by atoms with Gasteiger partial charge in [0.2, 0.25) is 11.8 Å². The Labute approximate surface area is 222 Å². The first-order valence-electron chi connectivity index (χ1n) is 13.3. The number of fused-ring (bicyclic) bond motifs is 1. The van der Waals surface area contributed by atoms with Gasteiger partial charge in [0.1, 0.15) is 0 Å². The van der Waals surface area contributed by atoms with Crippen LogP contribution in [0.4, 0.5) is 5.69 Å². The summed E-state index contributed by atoms with van der Waals surface area (Å²) in [5.41, 5.74) is 5.33. The molecule has 0 spiro atoms. The number of para-hydroxylation sites is 1. The molecule has 2 saturated heterocycles. The first-order chi connectivity index (χ1) is 18.7. The van der Waals surface area contributed by atoms with Crippen LogP contribution in [0.1, 0.15) is 22.7 Å². The molecule has 186 valence electrons. The van der Waals surface area contributed by atoms with Gasteiger partial charge in [0.15, 0.2) is 0 Å². The lowest BCUT2D eigenvalue weighted by Gasteiger charge is -2.55. The summed E-state index contributed by atoms with van der Waals surface area (Å²) in [4.78, 5) is 32.2. The van der Waals surface area contributed by atoms with Crippen molar-refractivity contribution in [2.45, 2.75) is 18.6 Å². The van der Waals surface area contributed by atoms with Gasteiger partial charge in [-0.05, 0) is 34.4 Å². The predicted molar refractivity (Wildman–Crippen MR) is 149 cm³/mol. The molecule has 5 unspecified atom stereocenters. The van der Waals surface area contributed by atoms with E-state index in [-0.39, 0.29) is 29.8 Å². The Morgan fingerprint density at radius 2 is 1.13 bits per heavy atom. The fourth-order valence-electron chi connectivity index (χ4n) is 6.90. The molecule has 1 aliphatic carbocycles. The van der Waals surface area contributed by atoms with E-state index in [1.165, 1.54) is 21.6 Å². The van der Waals surface area contributed by atoms with Crippen LogP contribution in [0.3, 0.4) is 0 Å². The second-order valence-electron chi connectivity index (χ2n) is 10.4. The van der Waals surface area contributed by atoms with Gasteiger partial charge in [0.25, 0.3) is 0 Å². The summed E-state index contributed by atoms with van der Waals surface area (Å²) in [5, 5.41) is 0. The molecule has 4 aromatic rings. The molecule has 4 heteroatoms. The van der Waals surface area contributed by atoms with E-state index in [9.17, 15) is 9.59 Å². The van der Waals surface area contributed by atoms with Crippen molar-refractivity contribution in [3.63, 3.8) is 0 Å². The maximum absolute atomic E-state index is 14.2. The van der Waals surface area contributed by atoms with E-state index in [4.69, 9.17) is 0 Å². The van der Waals surface area contributed by atoms with Crippen LogP contribution in [0, 0.1) is 17.8 Å². The summed E-state index contributed by atoms with van der Waals surface area (Å²) < 4.78 is 0. The molecule has 0 saturated carbocycles. The lowest BCUT2D eigenvalue weighted by Crippen LogP contribution is -2.58. The quantitative estimate of drug-likeness (QED) is 0.312. The van der Waals surface area contributed by atoms with Gasteiger partial charge >= 0.3 is 0 Å². The van der Waals surface area contributed by atoms with Crippen molar-refractivity contribution >= 4 is 23.1 Å². The van der Waals surface area contributed by atoms with Gasteiger partial charge in [-0.15, -0.1) is 0 Å². The molecule has 0 N–H and O–H groups in total. The average molecular weight is 497 g/mol. The third-order valence-corrected chi connectivity index (χ3v) is 8.41. The van der Waals surface area contributed by atoms with Crippen LogP contribution in [0.25, 0.3) is 5.57 Å². The van der Waals surface area contributed by atoms with Crippen molar-refractivity contribution in [2.75, 3.05) is 4.90 Å². The minimum absolute atomic E-state index is 0.0321. The van der Waals surface area contributed by atoms with Crippen LogP contribution >= 0.6 is 0 Å². The van der Waals surface area contributed by atoms with E-state index < -0.39 is 11.8 Å². The summed E-state index contributed by atoms with van der Waals surface area (Å²) in [6, 6.07) is 40.5. The number of hydrogen-bond acceptors (Lipinski definition) is 3. The van der Waals surface area contributed by atoms with Crippen molar-refractivity contribution in [2.24, 2.45) is 17.8 Å². The molecule has 38 heavy (non-hydrogen) atoms. The van der Waals surface area contributed by atoms with E-state index in [1.54, 1.807) is 0 Å². The number of nitrogens with zero attached hydrogens (tertiary/aromatic N) is 2. The minimum Gasteiger partial charge on any atom is -0.284 e. The smallest absolute Gasteiger partial charge is 0.239 e. The molecule has 2 bridgehead atoms. The van der Waals surface area contributed by atoms with Crippen molar-refractivity contribution < 1.29 is 9.59 Å². The number of anilines is 1. The third kappa shape index (κ3) is 3.56. The summed E-state index contributed by atoms with van der Waals surface area (Å²) in [6.45, 7) is 0.705. The highest BCUT2D eigenvalue weighted by Crippen LogP contribution is 2.58. The zero-order valence-electron chi connectivity index (χ0n) is 20.9. The topological polar surface area (TPSA) is 40.6 Å². The zero-order chi connectivity index (χ0) is 25.6. The lowest BCUT2D eigenvalue weighted by atomic mass is 9.60. The molecule has 8 rings (SSSR count). The van der Waals surface area contributed by atoms with Crippen LogP contribution in [-0.2, 0) is 16.1 Å². The number of imide groups is 1. The lowest BCUT2D eigenvalue weighted by molar-refractivity contribution is -0.130. The van der Waals surface area contributed by atoms with Gasteiger partial charge in [-0.3, -0.25) is 14.5 Å². The van der Waals surface area contributed by atoms with Gasteiger partial charge in [0, 0.05) is 24.5 Å². The van der Waals surface area contributed by atoms with Crippen LogP contribution in [0.2, 0.25) is 0 Å². The largest absolute Gasteiger partial charge is 0.284 e. The number of carbonyl (C=O) groups excluding carboxylic acids is 2. The molecule has 0 radical (unpaired) electrons. The molecule has 2 fully saturated rings. The molecule has 5 atom stereocenters. The van der Waals surface area contributed by atoms with Gasteiger partial charge in [-0.25, -0.2) is 4.90 Å². The molecule has 0 aromatic heterocycles. The fourth-order valence-corrected chi connectivity index (χ4v) is 6.90. The van der Waals surface area contributed by atoms with E-state index in [0.717, 1.165) is 5.56 Å². The van der Waals surface area contributed by atoms with E-state index >= 15 is 0 Å². The normalized spacial score (nSPS) is 26.4. The number of piperidine rings is 1. The number of hydrogen-bond donors (Lipinski definition) is 0. The highest BCUT2D eigenvalue weighted by molar-refractivity contribution is 6.23. The standard InChI is InChI=1S/C34H28N2O2/c37-33-30-28-21-27(24-15-7-2-8-16-24)29(31(30)34(38)36(33)26-19-11-4-12-20-26)32(25-17-9-3-10-18-25)35(28)22-23-13-5-1-6-14-23/h1-21,28-32H,22H2. The molecule has 3 aliphatic heterocycles. The summed E-state index contributed by atoms with van der Waals surface area (Å²) >= 11 is 0. The molecule has 3 heterocycles. The van der Waals surface area contributed by atoms with Crippen molar-refractivity contribution in [3.05, 3.63) is 144 Å². The predicted octanol–water partition coefficient (Wildman–Crippen LogP) is 6.13. The van der Waals surface area contributed by atoms with E-state index in [2.05, 4.69) is 71.6 Å². The Balaban J connectivity index is 1.42. The van der Waals surface area contributed by atoms with Gasteiger partial charge in [-0.2, -0.15) is 0 Å². The van der Waals surface area contributed by atoms with Gasteiger partial charge in [-0.1, -0.05) is 115 Å². The molecule has 4 nitrogen and oxygen atoms in total. The average Bonchev–Trinajstić information content (AvgIpc) is 3.26. The van der Waals surface area contributed by atoms with Crippen LogP contribution in [-0.4, -0.2) is 22.8 Å². The Kier molecular flexibility index (Phi) is 5.56. The van der Waals surface area contributed by atoms with Crippen molar-refractivity contribution in [1.82, 2.24) is 4.90 Å². The fraction of sp³-hybridized carbons (Fsp3) is 0.176. The van der Waals surface area contributed by atoms with Crippen molar-refractivity contribution in [1.29, 1.82) is 0 Å². The second kappa shape index (κ2) is 9.23. The zero-order valence-corrected chi connectivity index (χ0v) is 20.9. The molecular weight excluding hydrogens is 468 g/mol. The van der Waals surface area contributed by atoms with Crippen LogP contribution < -0.4 is 4.90 Å². The van der Waals surface area contributed by atoms with E-state index in [0.29, 0.717) is 12.2 Å². The third-order valence-electron chi connectivity index (χ3n) is 8.41. The highest BCUT2D eigenvalue weighted by atomic mass is 16.2. The minimum atomic E-state index is -0.413. The molecule has 4 aromatic carbocycles. The van der Waals surface area contributed by atoms with Gasteiger partial charge < -0.3 is 0 Å². The summed E-state index contributed by atoms with van der Waals surface area (Å²) in [6.07, 6.45) is 2.28. The van der Waals surface area contributed by atoms with Gasteiger partial charge in [0.05, 0.1) is 17.5 Å². The van der Waals surface area contributed by atoms with E-state index in [1.807, 2.05) is 60.7 Å². The monoisotopic (exact) mass is 496 g/mol. The Morgan fingerprint density at radius 3 is 1.79 bits per heavy atom. The van der Waals surface area contributed by atoms with Crippen LogP contribution in [0.15, 0.2) is 127 Å². The number of rotatable bonds is 5. The Morgan fingerprint density at radius 1 is 0.579 bits per heavy atom. The Hall–Kier alpha value is -4.28. The van der Waals surface area contributed by atoms with Crippen molar-refractivity contribution in [3.8, 4) is 0 Å². The molecular formula is C34H28N2O2. The SMILES string of the molecule is O=C1C2C(C(=O)N1c1ccccc1)C1C=C(c3ccccc3)C2C(c2ccccc2)N1Cc1ccccc1.